The molecule has 1 saturated heterocycles. The number of nitrogens with one attached hydrogen (secondary N) is 1. The van der Waals surface area contributed by atoms with Gasteiger partial charge in [-0.2, -0.15) is 5.10 Å². The third-order valence-corrected chi connectivity index (χ3v) is 4.97. The summed E-state index contributed by atoms with van der Waals surface area (Å²) in [5.41, 5.74) is 1.51. The van der Waals surface area contributed by atoms with Crippen molar-refractivity contribution in [2.75, 3.05) is 26.2 Å². The SMILES string of the molecule is O=C(NCCCN1CCCC1)c1cnn(-c2ccccc2)c1-n1cccc1. The Bertz CT molecular complexity index is 863. The lowest BCUT2D eigenvalue weighted by molar-refractivity contribution is 0.0952. The molecule has 0 saturated carbocycles. The molecule has 140 valence electrons. The van der Waals surface area contributed by atoms with Gasteiger partial charge >= 0.3 is 0 Å². The van der Waals surface area contributed by atoms with Crippen molar-refractivity contribution in [3.05, 3.63) is 66.6 Å². The zero-order chi connectivity index (χ0) is 18.5. The molecule has 3 aromatic rings. The van der Waals surface area contributed by atoms with Gasteiger partial charge in [-0.25, -0.2) is 4.68 Å². The molecule has 6 heteroatoms. The van der Waals surface area contributed by atoms with Gasteiger partial charge in [0.2, 0.25) is 0 Å². The molecule has 0 unspecified atom stereocenters. The number of para-hydroxylation sites is 1. The molecule has 1 fully saturated rings. The molecule has 1 aromatic carbocycles. The van der Waals surface area contributed by atoms with Crippen LogP contribution in [0.4, 0.5) is 0 Å². The smallest absolute Gasteiger partial charge is 0.256 e. The van der Waals surface area contributed by atoms with Gasteiger partial charge in [-0.15, -0.1) is 0 Å². The molecule has 1 N–H and O–H groups in total. The maximum Gasteiger partial charge on any atom is 0.256 e. The summed E-state index contributed by atoms with van der Waals surface area (Å²) in [6, 6.07) is 13.8. The van der Waals surface area contributed by atoms with Crippen LogP contribution >= 0.6 is 0 Å². The van der Waals surface area contributed by atoms with Crippen molar-refractivity contribution in [3.63, 3.8) is 0 Å². The van der Waals surface area contributed by atoms with Gasteiger partial charge in [0, 0.05) is 18.9 Å². The largest absolute Gasteiger partial charge is 0.352 e. The summed E-state index contributed by atoms with van der Waals surface area (Å²) in [4.78, 5) is 15.3. The van der Waals surface area contributed by atoms with Crippen LogP contribution in [0, 0.1) is 0 Å². The van der Waals surface area contributed by atoms with Gasteiger partial charge in [-0.1, -0.05) is 18.2 Å². The van der Waals surface area contributed by atoms with Crippen LogP contribution in [0.15, 0.2) is 61.1 Å². The van der Waals surface area contributed by atoms with Crippen LogP contribution < -0.4 is 5.32 Å². The Morgan fingerprint density at radius 3 is 2.52 bits per heavy atom. The molecule has 0 atom stereocenters. The van der Waals surface area contributed by atoms with Crippen LogP contribution in [0.2, 0.25) is 0 Å². The fraction of sp³-hybridized carbons (Fsp3) is 0.333. The summed E-state index contributed by atoms with van der Waals surface area (Å²) in [5, 5.41) is 7.54. The molecule has 2 aromatic heterocycles. The highest BCUT2D eigenvalue weighted by Crippen LogP contribution is 2.19. The number of carbonyl (C=O) groups is 1. The first-order valence-electron chi connectivity index (χ1n) is 9.60. The fourth-order valence-electron chi connectivity index (χ4n) is 3.59. The van der Waals surface area contributed by atoms with E-state index in [-0.39, 0.29) is 5.91 Å². The molecule has 3 heterocycles. The van der Waals surface area contributed by atoms with E-state index in [4.69, 9.17) is 0 Å². The van der Waals surface area contributed by atoms with Crippen molar-refractivity contribution in [3.8, 4) is 11.5 Å². The second-order valence-electron chi connectivity index (χ2n) is 6.88. The Morgan fingerprint density at radius 1 is 1.04 bits per heavy atom. The van der Waals surface area contributed by atoms with Crippen molar-refractivity contribution in [2.24, 2.45) is 0 Å². The Kier molecular flexibility index (Phi) is 5.34. The highest BCUT2D eigenvalue weighted by atomic mass is 16.1. The minimum absolute atomic E-state index is 0.0812. The molecule has 6 nitrogen and oxygen atoms in total. The summed E-state index contributed by atoms with van der Waals surface area (Å²) >= 11 is 0. The van der Waals surface area contributed by atoms with E-state index in [1.54, 1.807) is 10.9 Å². The third-order valence-electron chi connectivity index (χ3n) is 4.97. The molecule has 4 rings (SSSR count). The normalized spacial score (nSPS) is 14.5. The molecule has 1 aliphatic rings. The predicted molar refractivity (Wildman–Crippen MR) is 106 cm³/mol. The lowest BCUT2D eigenvalue weighted by Gasteiger charge is -2.14. The highest BCUT2D eigenvalue weighted by molar-refractivity contribution is 5.97. The molecule has 0 radical (unpaired) electrons. The van der Waals surface area contributed by atoms with E-state index in [0.29, 0.717) is 12.1 Å². The maximum atomic E-state index is 12.8. The van der Waals surface area contributed by atoms with E-state index >= 15 is 0 Å². The van der Waals surface area contributed by atoms with Gasteiger partial charge in [0.15, 0.2) is 5.82 Å². The number of benzene rings is 1. The van der Waals surface area contributed by atoms with Crippen LogP contribution in [0.3, 0.4) is 0 Å². The van der Waals surface area contributed by atoms with Gasteiger partial charge in [-0.3, -0.25) is 4.79 Å². The number of rotatable bonds is 7. The third kappa shape index (κ3) is 3.95. The Balaban J connectivity index is 1.50. The average molecular weight is 363 g/mol. The fourth-order valence-corrected chi connectivity index (χ4v) is 3.59. The molecule has 0 spiro atoms. The van der Waals surface area contributed by atoms with Crippen LogP contribution in [0.25, 0.3) is 11.5 Å². The Morgan fingerprint density at radius 2 is 1.78 bits per heavy atom. The topological polar surface area (TPSA) is 55.1 Å². The molecule has 27 heavy (non-hydrogen) atoms. The first-order valence-corrected chi connectivity index (χ1v) is 9.60. The van der Waals surface area contributed by atoms with Gasteiger partial charge in [0.25, 0.3) is 5.91 Å². The van der Waals surface area contributed by atoms with Crippen molar-refractivity contribution in [2.45, 2.75) is 19.3 Å². The maximum absolute atomic E-state index is 12.8. The van der Waals surface area contributed by atoms with Gasteiger partial charge < -0.3 is 14.8 Å². The van der Waals surface area contributed by atoms with E-state index in [2.05, 4.69) is 15.3 Å². The lowest BCUT2D eigenvalue weighted by atomic mass is 10.2. The van der Waals surface area contributed by atoms with Gasteiger partial charge in [0.05, 0.1) is 11.9 Å². The number of amides is 1. The highest BCUT2D eigenvalue weighted by Gasteiger charge is 2.19. The molecular formula is C21H25N5O. The minimum atomic E-state index is -0.0812. The quantitative estimate of drug-likeness (QED) is 0.657. The van der Waals surface area contributed by atoms with Crippen LogP contribution in [-0.4, -0.2) is 51.3 Å². The summed E-state index contributed by atoms with van der Waals surface area (Å²) < 4.78 is 3.73. The summed E-state index contributed by atoms with van der Waals surface area (Å²) in [7, 11) is 0. The second-order valence-corrected chi connectivity index (χ2v) is 6.88. The van der Waals surface area contributed by atoms with E-state index in [9.17, 15) is 4.79 Å². The van der Waals surface area contributed by atoms with Crippen molar-refractivity contribution in [1.29, 1.82) is 0 Å². The molecule has 1 amide bonds. The van der Waals surface area contributed by atoms with Crippen molar-refractivity contribution >= 4 is 5.91 Å². The van der Waals surface area contributed by atoms with E-state index in [1.165, 1.54) is 25.9 Å². The number of aromatic nitrogens is 3. The van der Waals surface area contributed by atoms with Gasteiger partial charge in [-0.05, 0) is 63.2 Å². The summed E-state index contributed by atoms with van der Waals surface area (Å²) in [5.74, 6) is 0.672. The molecule has 1 aliphatic heterocycles. The lowest BCUT2D eigenvalue weighted by Crippen LogP contribution is -2.29. The first-order chi connectivity index (χ1) is 13.3. The van der Waals surface area contributed by atoms with Crippen LogP contribution in [0.5, 0.6) is 0 Å². The zero-order valence-electron chi connectivity index (χ0n) is 15.4. The number of likely N-dealkylation sites (tertiary alicyclic amines) is 1. The van der Waals surface area contributed by atoms with Crippen molar-refractivity contribution < 1.29 is 4.79 Å². The van der Waals surface area contributed by atoms with Crippen molar-refractivity contribution in [1.82, 2.24) is 24.6 Å². The minimum Gasteiger partial charge on any atom is -0.352 e. The monoisotopic (exact) mass is 363 g/mol. The van der Waals surface area contributed by atoms with Crippen LogP contribution in [-0.2, 0) is 0 Å². The Labute approximate surface area is 159 Å². The van der Waals surface area contributed by atoms with E-state index in [0.717, 1.165) is 24.5 Å². The van der Waals surface area contributed by atoms with Crippen LogP contribution in [0.1, 0.15) is 29.6 Å². The average Bonchev–Trinajstić information content (AvgIpc) is 3.46. The number of hydrogen-bond acceptors (Lipinski definition) is 3. The number of carbonyl (C=O) groups excluding carboxylic acids is 1. The Hall–Kier alpha value is -2.86. The van der Waals surface area contributed by atoms with E-state index < -0.39 is 0 Å². The zero-order valence-corrected chi connectivity index (χ0v) is 15.4. The summed E-state index contributed by atoms with van der Waals surface area (Å²) in [6.07, 6.45) is 9.08. The molecule has 0 aliphatic carbocycles. The summed E-state index contributed by atoms with van der Waals surface area (Å²) in [6.45, 7) is 4.11. The molecule has 0 bridgehead atoms. The standard InChI is InChI=1S/C21H25N5O/c27-20(22-11-8-14-24-12-4-5-13-24)19-17-23-26(18-9-2-1-3-10-18)21(19)25-15-6-7-16-25/h1-3,6-7,9-10,15-17H,4-5,8,11-14H2,(H,22,27). The van der Waals surface area contributed by atoms with Gasteiger partial charge in [0.1, 0.15) is 5.56 Å². The molecular weight excluding hydrogens is 338 g/mol. The van der Waals surface area contributed by atoms with E-state index in [1.807, 2.05) is 59.4 Å². The number of hydrogen-bond donors (Lipinski definition) is 1. The second kappa shape index (κ2) is 8.22. The first kappa shape index (κ1) is 17.5. The predicted octanol–water partition coefficient (Wildman–Crippen LogP) is 2.88. The number of nitrogens with zero attached hydrogens (tertiary/aromatic N) is 4.